The molecule has 0 aliphatic carbocycles. The van der Waals surface area contributed by atoms with Gasteiger partial charge in [-0.05, 0) is 29.7 Å². The maximum Gasteiger partial charge on any atom is 0.145 e. The minimum atomic E-state index is -0.518. The lowest BCUT2D eigenvalue weighted by Gasteiger charge is -2.20. The Hall–Kier alpha value is -0.780. The highest BCUT2D eigenvalue weighted by atomic mass is 35.5. The predicted molar refractivity (Wildman–Crippen MR) is 94.5 cm³/mol. The summed E-state index contributed by atoms with van der Waals surface area (Å²) in [4.78, 5) is 0. The first kappa shape index (κ1) is 18.6. The maximum atomic E-state index is 9.85. The Bertz CT molecular complexity index is 561. The van der Waals surface area contributed by atoms with E-state index in [0.29, 0.717) is 54.6 Å². The molecule has 0 saturated carbocycles. The molecule has 0 aromatic heterocycles. The van der Waals surface area contributed by atoms with Gasteiger partial charge in [0.1, 0.15) is 12.4 Å². The molecule has 0 spiro atoms. The quantitative estimate of drug-likeness (QED) is 0.746. The fourth-order valence-electron chi connectivity index (χ4n) is 2.27. The standard InChI is InChI=1S/C17H23Cl2NO3/c1-11(2)8-22-10-15(21)7-20-6-12-3-13-4-14(18)5-16(19)17(13)23-9-12/h3-5,11,15,20-21H,6-10H2,1-2H3. The minimum absolute atomic E-state index is 0.342. The van der Waals surface area contributed by atoms with Gasteiger partial charge in [0.15, 0.2) is 0 Å². The molecular formula is C17H23Cl2NO3. The number of aliphatic hydroxyl groups excluding tert-OH is 1. The van der Waals surface area contributed by atoms with E-state index in [0.717, 1.165) is 11.1 Å². The van der Waals surface area contributed by atoms with Crippen molar-refractivity contribution in [1.29, 1.82) is 0 Å². The van der Waals surface area contributed by atoms with Crippen LogP contribution in [0.25, 0.3) is 6.08 Å². The Morgan fingerprint density at radius 3 is 2.83 bits per heavy atom. The first-order valence-corrected chi connectivity index (χ1v) is 8.49. The molecule has 0 radical (unpaired) electrons. The highest BCUT2D eigenvalue weighted by molar-refractivity contribution is 6.36. The van der Waals surface area contributed by atoms with Gasteiger partial charge in [-0.15, -0.1) is 0 Å². The number of nitrogens with one attached hydrogen (secondary N) is 1. The zero-order valence-electron chi connectivity index (χ0n) is 13.4. The minimum Gasteiger partial charge on any atom is -0.487 e. The Morgan fingerprint density at radius 1 is 1.30 bits per heavy atom. The van der Waals surface area contributed by atoms with Crippen LogP contribution in [0.15, 0.2) is 17.7 Å². The molecule has 1 atom stereocenters. The molecule has 0 saturated heterocycles. The van der Waals surface area contributed by atoms with Gasteiger partial charge >= 0.3 is 0 Å². The van der Waals surface area contributed by atoms with Crippen LogP contribution in [0.1, 0.15) is 19.4 Å². The van der Waals surface area contributed by atoms with E-state index in [1.54, 1.807) is 6.07 Å². The number of fused-ring (bicyclic) bond motifs is 1. The topological polar surface area (TPSA) is 50.7 Å². The lowest BCUT2D eigenvalue weighted by Crippen LogP contribution is -2.33. The lowest BCUT2D eigenvalue weighted by atomic mass is 10.1. The summed E-state index contributed by atoms with van der Waals surface area (Å²) in [5.41, 5.74) is 1.96. The van der Waals surface area contributed by atoms with E-state index in [1.807, 2.05) is 12.1 Å². The Morgan fingerprint density at radius 2 is 2.09 bits per heavy atom. The number of ether oxygens (including phenoxy) is 2. The van der Waals surface area contributed by atoms with Gasteiger partial charge in [0, 0.05) is 30.3 Å². The van der Waals surface area contributed by atoms with Crippen LogP contribution in [0, 0.1) is 5.92 Å². The molecule has 128 valence electrons. The Labute approximate surface area is 147 Å². The molecule has 1 unspecified atom stereocenters. The number of aliphatic hydroxyl groups is 1. The second kappa shape index (κ2) is 8.90. The lowest BCUT2D eigenvalue weighted by molar-refractivity contribution is 0.0265. The van der Waals surface area contributed by atoms with Crippen molar-refractivity contribution in [2.75, 3.05) is 32.9 Å². The van der Waals surface area contributed by atoms with Gasteiger partial charge in [0.2, 0.25) is 0 Å². The van der Waals surface area contributed by atoms with Crippen LogP contribution in [0.4, 0.5) is 0 Å². The summed E-state index contributed by atoms with van der Waals surface area (Å²) >= 11 is 12.1. The number of rotatable bonds is 8. The molecule has 1 aliphatic heterocycles. The Balaban J connectivity index is 1.79. The molecule has 0 fully saturated rings. The van der Waals surface area contributed by atoms with Crippen molar-refractivity contribution >= 4 is 29.3 Å². The van der Waals surface area contributed by atoms with E-state index >= 15 is 0 Å². The zero-order chi connectivity index (χ0) is 16.8. The SMILES string of the molecule is CC(C)COCC(O)CNCC1=Cc2cc(Cl)cc(Cl)c2OC1. The summed E-state index contributed by atoms with van der Waals surface area (Å²) in [6.07, 6.45) is 1.50. The third-order valence-corrected chi connectivity index (χ3v) is 3.79. The summed E-state index contributed by atoms with van der Waals surface area (Å²) in [6.45, 7) is 6.74. The zero-order valence-corrected chi connectivity index (χ0v) is 15.0. The van der Waals surface area contributed by atoms with E-state index < -0.39 is 6.10 Å². The summed E-state index contributed by atoms with van der Waals surface area (Å²) in [5, 5.41) is 14.2. The monoisotopic (exact) mass is 359 g/mol. The third kappa shape index (κ3) is 5.98. The highest BCUT2D eigenvalue weighted by Crippen LogP contribution is 2.36. The van der Waals surface area contributed by atoms with Crippen molar-refractivity contribution in [2.24, 2.45) is 5.92 Å². The van der Waals surface area contributed by atoms with Crippen molar-refractivity contribution < 1.29 is 14.6 Å². The largest absolute Gasteiger partial charge is 0.487 e. The van der Waals surface area contributed by atoms with Crippen LogP contribution in [-0.4, -0.2) is 44.1 Å². The van der Waals surface area contributed by atoms with Gasteiger partial charge in [-0.25, -0.2) is 0 Å². The fraction of sp³-hybridized carbons (Fsp3) is 0.529. The first-order valence-electron chi connectivity index (χ1n) is 7.73. The van der Waals surface area contributed by atoms with Gasteiger partial charge in [-0.3, -0.25) is 0 Å². The maximum absolute atomic E-state index is 9.85. The molecule has 2 N–H and O–H groups in total. The normalized spacial score (nSPS) is 15.1. The predicted octanol–water partition coefficient (Wildman–Crippen LogP) is 3.39. The second-order valence-electron chi connectivity index (χ2n) is 6.11. The second-order valence-corrected chi connectivity index (χ2v) is 6.96. The smallest absolute Gasteiger partial charge is 0.145 e. The van der Waals surface area contributed by atoms with E-state index in [1.165, 1.54) is 0 Å². The van der Waals surface area contributed by atoms with Crippen molar-refractivity contribution in [3.05, 3.63) is 33.3 Å². The van der Waals surface area contributed by atoms with Crippen molar-refractivity contribution in [3.8, 4) is 5.75 Å². The third-order valence-electron chi connectivity index (χ3n) is 3.29. The highest BCUT2D eigenvalue weighted by Gasteiger charge is 2.16. The van der Waals surface area contributed by atoms with Crippen molar-refractivity contribution in [2.45, 2.75) is 20.0 Å². The summed E-state index contributed by atoms with van der Waals surface area (Å²) in [7, 11) is 0. The molecule has 0 bridgehead atoms. The summed E-state index contributed by atoms with van der Waals surface area (Å²) in [6, 6.07) is 3.50. The number of halogens is 2. The molecule has 1 heterocycles. The van der Waals surface area contributed by atoms with Gasteiger partial charge in [0.05, 0.1) is 17.7 Å². The first-order chi connectivity index (χ1) is 11.0. The average molecular weight is 360 g/mol. The van der Waals surface area contributed by atoms with Crippen LogP contribution >= 0.6 is 23.2 Å². The molecule has 1 aromatic carbocycles. The average Bonchev–Trinajstić information content (AvgIpc) is 2.46. The molecule has 1 aromatic rings. The molecule has 4 nitrogen and oxygen atoms in total. The number of benzene rings is 1. The molecule has 1 aliphatic rings. The molecule has 2 rings (SSSR count). The van der Waals surface area contributed by atoms with Gasteiger partial charge in [-0.1, -0.05) is 37.0 Å². The number of hydrogen-bond acceptors (Lipinski definition) is 4. The van der Waals surface area contributed by atoms with E-state index in [-0.39, 0.29) is 0 Å². The fourth-order valence-corrected chi connectivity index (χ4v) is 2.83. The Kier molecular flexibility index (Phi) is 7.18. The van der Waals surface area contributed by atoms with Crippen LogP contribution < -0.4 is 10.1 Å². The van der Waals surface area contributed by atoms with Crippen LogP contribution in [0.2, 0.25) is 10.0 Å². The van der Waals surface area contributed by atoms with Gasteiger partial charge in [0.25, 0.3) is 0 Å². The van der Waals surface area contributed by atoms with Gasteiger partial charge < -0.3 is 19.9 Å². The van der Waals surface area contributed by atoms with E-state index in [4.69, 9.17) is 32.7 Å². The van der Waals surface area contributed by atoms with E-state index in [9.17, 15) is 5.11 Å². The van der Waals surface area contributed by atoms with E-state index in [2.05, 4.69) is 19.2 Å². The van der Waals surface area contributed by atoms with Crippen LogP contribution in [0.5, 0.6) is 5.75 Å². The molecule has 23 heavy (non-hydrogen) atoms. The van der Waals surface area contributed by atoms with Crippen molar-refractivity contribution in [3.63, 3.8) is 0 Å². The van der Waals surface area contributed by atoms with Gasteiger partial charge in [-0.2, -0.15) is 0 Å². The molecular weight excluding hydrogens is 337 g/mol. The summed E-state index contributed by atoms with van der Waals surface area (Å²) in [5.74, 6) is 1.14. The number of hydrogen-bond donors (Lipinski definition) is 2. The molecule has 6 heteroatoms. The molecule has 0 amide bonds. The van der Waals surface area contributed by atoms with Crippen LogP contribution in [-0.2, 0) is 4.74 Å². The van der Waals surface area contributed by atoms with Crippen LogP contribution in [0.3, 0.4) is 0 Å². The summed E-state index contributed by atoms with van der Waals surface area (Å²) < 4.78 is 11.1. The van der Waals surface area contributed by atoms with Crippen molar-refractivity contribution in [1.82, 2.24) is 5.32 Å².